The summed E-state index contributed by atoms with van der Waals surface area (Å²) < 4.78 is 25.6. The van der Waals surface area contributed by atoms with Gasteiger partial charge < -0.3 is 34.3 Å². The highest BCUT2D eigenvalue weighted by molar-refractivity contribution is 6.19. The first kappa shape index (κ1) is 34.1. The van der Waals surface area contributed by atoms with Crippen LogP contribution in [0.25, 0.3) is 6.08 Å². The van der Waals surface area contributed by atoms with Crippen LogP contribution >= 0.6 is 0 Å². The lowest BCUT2D eigenvalue weighted by Gasteiger charge is -2.56. The molecule has 3 heterocycles. The Morgan fingerprint density at radius 2 is 1.83 bits per heavy atom. The molecule has 0 aromatic heterocycles. The zero-order chi connectivity index (χ0) is 35.2. The number of carbonyl (C=O) groups is 3. The molecule has 0 amide bonds. The Labute approximate surface area is 281 Å². The standard InChI is InChI=1S/C38H46O10/c1-20(2)9-10-24-31-23(12-14-36(8,46-31)15-13-27(40)34(4,5)44)29(41)28-30(42)25-17-22-18-26-35(6,7)48-37(33(22)43,16-11-21(3)45-19-39)38(25,26)47-32(24)28/h9,11-12,14,17,19,22,26-27,40-41,44H,10,13,15-16,18H2,1-8H3/b21-11-/t22-,26?,27?,36+,37+,38+/m0/s1. The molecule has 6 atom stereocenters. The molecule has 1 aromatic rings. The number of allylic oxidation sites excluding steroid dienone is 4. The maximum atomic E-state index is 14.8. The molecule has 2 unspecified atom stereocenters. The van der Waals surface area contributed by atoms with Gasteiger partial charge in [-0.05, 0) is 99.3 Å². The van der Waals surface area contributed by atoms with Crippen LogP contribution in [0.4, 0.5) is 0 Å². The summed E-state index contributed by atoms with van der Waals surface area (Å²) >= 11 is 0. The van der Waals surface area contributed by atoms with Crippen LogP contribution in [0.15, 0.2) is 41.2 Å². The summed E-state index contributed by atoms with van der Waals surface area (Å²) in [5.74, 6) is -1.11. The third-order valence-corrected chi connectivity index (χ3v) is 10.9. The van der Waals surface area contributed by atoms with Gasteiger partial charge in [0.25, 0.3) is 6.47 Å². The number of rotatable bonds is 10. The lowest BCUT2D eigenvalue weighted by molar-refractivity contribution is -0.171. The molecule has 6 aliphatic rings. The van der Waals surface area contributed by atoms with E-state index in [2.05, 4.69) is 0 Å². The Morgan fingerprint density at radius 1 is 1.12 bits per heavy atom. The molecule has 0 radical (unpaired) electrons. The molecule has 1 saturated heterocycles. The molecule has 10 nitrogen and oxygen atoms in total. The van der Waals surface area contributed by atoms with Gasteiger partial charge in [0.2, 0.25) is 0 Å². The van der Waals surface area contributed by atoms with Crippen molar-refractivity contribution >= 4 is 24.1 Å². The maximum absolute atomic E-state index is 14.8. The largest absolute Gasteiger partial charge is 0.506 e. The Balaban J connectivity index is 1.55. The number of aliphatic hydroxyl groups is 2. The van der Waals surface area contributed by atoms with E-state index in [0.717, 1.165) is 5.57 Å². The van der Waals surface area contributed by atoms with E-state index in [1.54, 1.807) is 45.1 Å². The summed E-state index contributed by atoms with van der Waals surface area (Å²) in [6.07, 6.45) is 9.15. The fraction of sp³-hybridized carbons (Fsp3) is 0.553. The lowest BCUT2D eigenvalue weighted by atomic mass is 9.51. The number of phenols is 1. The summed E-state index contributed by atoms with van der Waals surface area (Å²) in [5, 5.41) is 32.7. The van der Waals surface area contributed by atoms with Gasteiger partial charge in [0.15, 0.2) is 22.8 Å². The Kier molecular flexibility index (Phi) is 7.93. The Hall–Kier alpha value is -3.73. The van der Waals surface area contributed by atoms with E-state index in [0.29, 0.717) is 48.2 Å². The quantitative estimate of drug-likeness (QED) is 0.168. The molecule has 2 fully saturated rings. The van der Waals surface area contributed by atoms with Crippen molar-refractivity contribution in [3.8, 4) is 17.2 Å². The van der Waals surface area contributed by atoms with Gasteiger partial charge in [-0.2, -0.15) is 0 Å². The predicted octanol–water partition coefficient (Wildman–Crippen LogP) is 5.45. The number of ketones is 2. The minimum atomic E-state index is -1.60. The van der Waals surface area contributed by atoms with Gasteiger partial charge in [0.1, 0.15) is 34.2 Å². The molecule has 1 saturated carbocycles. The van der Waals surface area contributed by atoms with Crippen molar-refractivity contribution in [3.63, 3.8) is 0 Å². The van der Waals surface area contributed by atoms with E-state index in [1.807, 2.05) is 40.7 Å². The second kappa shape index (κ2) is 11.1. The molecule has 48 heavy (non-hydrogen) atoms. The summed E-state index contributed by atoms with van der Waals surface area (Å²) in [7, 11) is 0. The molecule has 3 aliphatic heterocycles. The first-order valence-corrected chi connectivity index (χ1v) is 16.6. The van der Waals surface area contributed by atoms with E-state index < -0.39 is 51.7 Å². The summed E-state index contributed by atoms with van der Waals surface area (Å²) in [5.41, 5.74) is -4.01. The van der Waals surface area contributed by atoms with Crippen molar-refractivity contribution in [1.29, 1.82) is 0 Å². The average Bonchev–Trinajstić information content (AvgIpc) is 3.15. The van der Waals surface area contributed by atoms with Gasteiger partial charge in [0, 0.05) is 29.4 Å². The third kappa shape index (κ3) is 4.90. The van der Waals surface area contributed by atoms with E-state index in [9.17, 15) is 29.7 Å². The van der Waals surface area contributed by atoms with Gasteiger partial charge in [-0.3, -0.25) is 14.4 Å². The van der Waals surface area contributed by atoms with Crippen LogP contribution in [0, 0.1) is 11.8 Å². The molecule has 1 aromatic carbocycles. The molecule has 3 N–H and O–H groups in total. The third-order valence-electron chi connectivity index (χ3n) is 10.9. The van der Waals surface area contributed by atoms with Crippen LogP contribution < -0.4 is 9.47 Å². The van der Waals surface area contributed by atoms with E-state index in [1.165, 1.54) is 0 Å². The van der Waals surface area contributed by atoms with Gasteiger partial charge in [-0.25, -0.2) is 0 Å². The SMILES string of the molecule is CC(C)=CCc1c2c(c(O)c3c1O[C@]14C(=C[C@H]5CC1C(C)(C)O[C@]4(C/C=C(/C)OC=O)C5=O)C3=O)C=C[C@](C)(CCC(O)C(C)(C)O)O2. The molecule has 7 rings (SSSR count). The second-order valence-corrected chi connectivity index (χ2v) is 15.5. The first-order chi connectivity index (χ1) is 22.3. The van der Waals surface area contributed by atoms with Gasteiger partial charge >= 0.3 is 0 Å². The number of fused-ring (bicyclic) bond motifs is 2. The number of hydrogen-bond acceptors (Lipinski definition) is 10. The Bertz CT molecular complexity index is 1720. The van der Waals surface area contributed by atoms with Crippen LogP contribution in [0.5, 0.6) is 17.2 Å². The van der Waals surface area contributed by atoms with Crippen LogP contribution in [0.3, 0.4) is 0 Å². The van der Waals surface area contributed by atoms with Gasteiger partial charge in [0.05, 0.1) is 22.9 Å². The van der Waals surface area contributed by atoms with Crippen LogP contribution in [0.1, 0.15) is 103 Å². The average molecular weight is 663 g/mol. The number of phenolic OH excluding ortho intramolecular Hbond substituents is 1. The summed E-state index contributed by atoms with van der Waals surface area (Å²) in [6.45, 7) is 14.6. The topological polar surface area (TPSA) is 149 Å². The molecule has 1 spiro atoms. The van der Waals surface area contributed by atoms with E-state index in [4.69, 9.17) is 18.9 Å². The number of benzene rings is 1. The molecule has 10 heteroatoms. The summed E-state index contributed by atoms with van der Waals surface area (Å²) in [4.78, 5) is 40.2. The number of carbonyl (C=O) groups excluding carboxylic acids is 3. The predicted molar refractivity (Wildman–Crippen MR) is 177 cm³/mol. The van der Waals surface area contributed by atoms with Crippen molar-refractivity contribution in [1.82, 2.24) is 0 Å². The highest BCUT2D eigenvalue weighted by Gasteiger charge is 2.81. The normalized spacial score (nSPS) is 31.5. The monoisotopic (exact) mass is 662 g/mol. The van der Waals surface area contributed by atoms with E-state index >= 15 is 0 Å². The molecule has 4 bridgehead atoms. The first-order valence-electron chi connectivity index (χ1n) is 16.6. The minimum Gasteiger partial charge on any atom is -0.506 e. The number of hydrogen-bond donors (Lipinski definition) is 3. The maximum Gasteiger partial charge on any atom is 0.298 e. The zero-order valence-electron chi connectivity index (χ0n) is 28.9. The summed E-state index contributed by atoms with van der Waals surface area (Å²) in [6, 6.07) is 0. The smallest absolute Gasteiger partial charge is 0.298 e. The number of aromatic hydroxyl groups is 1. The van der Waals surface area contributed by atoms with Crippen LogP contribution in [0.2, 0.25) is 0 Å². The second-order valence-electron chi connectivity index (χ2n) is 15.5. The van der Waals surface area contributed by atoms with Crippen molar-refractivity contribution in [3.05, 3.63) is 57.9 Å². The highest BCUT2D eigenvalue weighted by Crippen LogP contribution is 2.68. The highest BCUT2D eigenvalue weighted by atomic mass is 16.6. The molecular weight excluding hydrogens is 616 g/mol. The number of ether oxygens (including phenoxy) is 4. The minimum absolute atomic E-state index is 0.00293. The fourth-order valence-electron chi connectivity index (χ4n) is 8.33. The van der Waals surface area contributed by atoms with Crippen molar-refractivity contribution < 1.29 is 48.7 Å². The molecular formula is C38H46O10. The number of aliphatic hydroxyl groups excluding tert-OH is 1. The molecule has 3 aliphatic carbocycles. The van der Waals surface area contributed by atoms with Gasteiger partial charge in [-0.15, -0.1) is 0 Å². The number of Topliss-reactive ketones (excluding diaryl/α,β-unsaturated/α-hetero) is 2. The van der Waals surface area contributed by atoms with Gasteiger partial charge in [-0.1, -0.05) is 17.7 Å². The lowest BCUT2D eigenvalue weighted by Crippen LogP contribution is -2.72. The zero-order valence-corrected chi connectivity index (χ0v) is 28.9. The van der Waals surface area contributed by atoms with Crippen molar-refractivity contribution in [2.75, 3.05) is 0 Å². The van der Waals surface area contributed by atoms with Crippen molar-refractivity contribution in [2.24, 2.45) is 11.8 Å². The fourth-order valence-corrected chi connectivity index (χ4v) is 8.33. The van der Waals surface area contributed by atoms with Crippen LogP contribution in [-0.2, 0) is 25.5 Å². The molecule has 258 valence electrons. The Morgan fingerprint density at radius 3 is 2.48 bits per heavy atom. The van der Waals surface area contributed by atoms with Crippen molar-refractivity contribution in [2.45, 2.75) is 122 Å². The van der Waals surface area contributed by atoms with E-state index in [-0.39, 0.29) is 41.4 Å². The van der Waals surface area contributed by atoms with Crippen LogP contribution in [-0.4, -0.2) is 67.5 Å².